The Morgan fingerprint density at radius 1 is 1.29 bits per heavy atom. The summed E-state index contributed by atoms with van der Waals surface area (Å²) in [5, 5.41) is 8.05. The summed E-state index contributed by atoms with van der Waals surface area (Å²) in [6.45, 7) is 1.92. The summed E-state index contributed by atoms with van der Waals surface area (Å²) < 4.78 is 36.4. The maximum absolute atomic E-state index is 11.1. The van der Waals surface area contributed by atoms with Crippen LogP contribution < -0.4 is 4.74 Å². The first-order chi connectivity index (χ1) is 9.90. The second-order valence-electron chi connectivity index (χ2n) is 4.61. The minimum absolute atomic E-state index is 0.0413. The molecule has 0 saturated heterocycles. The van der Waals surface area contributed by atoms with E-state index >= 15 is 0 Å². The maximum Gasteiger partial charge on any atom is 0.290 e. The predicted molar refractivity (Wildman–Crippen MR) is 79.2 cm³/mol. The number of azo groups is 1. The van der Waals surface area contributed by atoms with Crippen molar-refractivity contribution in [2.24, 2.45) is 10.2 Å². The van der Waals surface area contributed by atoms with Crippen LogP contribution in [0.5, 0.6) is 5.75 Å². The summed E-state index contributed by atoms with van der Waals surface area (Å²) >= 11 is 0. The zero-order valence-electron chi connectivity index (χ0n) is 11.8. The normalized spacial score (nSPS) is 15.8. The quantitative estimate of drug-likeness (QED) is 0.680. The summed E-state index contributed by atoms with van der Waals surface area (Å²) in [4.78, 5) is -0.0413. The Bertz CT molecular complexity index is 733. The van der Waals surface area contributed by atoms with Crippen LogP contribution in [0.3, 0.4) is 0 Å². The smallest absolute Gasteiger partial charge is 0.290 e. The molecular weight excluding hydrogens is 292 g/mol. The zero-order chi connectivity index (χ0) is 15.5. The molecule has 1 aliphatic rings. The monoisotopic (exact) mass is 308 g/mol. The molecule has 0 spiro atoms. The molecule has 1 N–H and O–H groups in total. The van der Waals surface area contributed by atoms with E-state index in [1.54, 1.807) is 25.3 Å². The first-order valence-corrected chi connectivity index (χ1v) is 7.79. The second-order valence-corrected chi connectivity index (χ2v) is 6.08. The fraction of sp³-hybridized carbons (Fsp3) is 0.286. The molecule has 7 heteroatoms. The van der Waals surface area contributed by atoms with Crippen LogP contribution in [0.1, 0.15) is 18.4 Å². The van der Waals surface area contributed by atoms with Crippen LogP contribution in [0.25, 0.3) is 0 Å². The molecule has 0 aromatic heterocycles. The van der Waals surface area contributed by atoms with Crippen LogP contribution in [0.4, 0.5) is 5.69 Å². The van der Waals surface area contributed by atoms with Gasteiger partial charge in [-0.1, -0.05) is 12.1 Å². The molecule has 0 amide bonds. The Morgan fingerprint density at radius 3 is 2.71 bits per heavy atom. The molecule has 0 aliphatic heterocycles. The lowest BCUT2D eigenvalue weighted by Crippen LogP contribution is -2.04. The van der Waals surface area contributed by atoms with E-state index in [0.29, 0.717) is 23.6 Å². The Balaban J connectivity index is 2.22. The van der Waals surface area contributed by atoms with Crippen molar-refractivity contribution in [2.75, 3.05) is 7.11 Å². The van der Waals surface area contributed by atoms with Crippen molar-refractivity contribution in [3.63, 3.8) is 0 Å². The Morgan fingerprint density at radius 2 is 2.05 bits per heavy atom. The third-order valence-electron chi connectivity index (χ3n) is 3.06. The molecule has 0 atom stereocenters. The van der Waals surface area contributed by atoms with Crippen molar-refractivity contribution in [3.05, 3.63) is 46.5 Å². The Hall–Kier alpha value is -1.99. The standard InChI is InChI=1S/C14H16N2O4S/c1-10-6-7-12(9-14(10)20-2)16-15-11-4-3-5-13(8-11)21(17,18)19/h4,6-9H,3,5H2,1-2H3,(H,17,18,19). The molecule has 2 rings (SSSR count). The fourth-order valence-electron chi connectivity index (χ4n) is 1.92. The van der Waals surface area contributed by atoms with E-state index in [0.717, 1.165) is 5.56 Å². The second kappa shape index (κ2) is 6.19. The number of rotatable bonds is 4. The topological polar surface area (TPSA) is 88.3 Å². The third-order valence-corrected chi connectivity index (χ3v) is 4.04. The average molecular weight is 308 g/mol. The molecule has 21 heavy (non-hydrogen) atoms. The van der Waals surface area contributed by atoms with Gasteiger partial charge in [-0.05, 0) is 37.5 Å². The van der Waals surface area contributed by atoms with Gasteiger partial charge in [0.25, 0.3) is 10.1 Å². The number of ether oxygens (including phenoxy) is 1. The van der Waals surface area contributed by atoms with Gasteiger partial charge in [0.1, 0.15) is 5.75 Å². The zero-order valence-corrected chi connectivity index (χ0v) is 12.6. The number of hydrogen-bond acceptors (Lipinski definition) is 5. The van der Waals surface area contributed by atoms with Gasteiger partial charge in [0.15, 0.2) is 0 Å². The van der Waals surface area contributed by atoms with E-state index in [1.807, 2.05) is 13.0 Å². The van der Waals surface area contributed by atoms with Crippen LogP contribution in [0.2, 0.25) is 0 Å². The van der Waals surface area contributed by atoms with Crippen molar-refractivity contribution in [3.8, 4) is 5.75 Å². The molecule has 0 heterocycles. The Labute approximate surface area is 123 Å². The lowest BCUT2D eigenvalue weighted by Gasteiger charge is -2.08. The highest BCUT2D eigenvalue weighted by Gasteiger charge is 2.16. The highest BCUT2D eigenvalue weighted by Crippen LogP contribution is 2.26. The van der Waals surface area contributed by atoms with Gasteiger partial charge in [-0.25, -0.2) is 0 Å². The first-order valence-electron chi connectivity index (χ1n) is 6.35. The van der Waals surface area contributed by atoms with Gasteiger partial charge in [-0.15, -0.1) is 0 Å². The lowest BCUT2D eigenvalue weighted by molar-refractivity contribution is 0.412. The molecule has 0 radical (unpaired) electrons. The van der Waals surface area contributed by atoms with Crippen molar-refractivity contribution in [1.29, 1.82) is 0 Å². The molecule has 0 unspecified atom stereocenters. The number of aryl methyl sites for hydroxylation is 1. The maximum atomic E-state index is 11.1. The van der Waals surface area contributed by atoms with E-state index in [2.05, 4.69) is 10.2 Å². The van der Waals surface area contributed by atoms with Gasteiger partial charge in [-0.3, -0.25) is 4.55 Å². The van der Waals surface area contributed by atoms with E-state index in [9.17, 15) is 8.42 Å². The van der Waals surface area contributed by atoms with Crippen molar-refractivity contribution < 1.29 is 17.7 Å². The summed E-state index contributed by atoms with van der Waals surface area (Å²) in [6, 6.07) is 5.40. The van der Waals surface area contributed by atoms with Gasteiger partial charge >= 0.3 is 0 Å². The predicted octanol–water partition coefficient (Wildman–Crippen LogP) is 3.54. The molecule has 6 nitrogen and oxygen atoms in total. The largest absolute Gasteiger partial charge is 0.496 e. The van der Waals surface area contributed by atoms with E-state index in [-0.39, 0.29) is 11.3 Å². The van der Waals surface area contributed by atoms with Crippen LogP contribution >= 0.6 is 0 Å². The molecule has 0 saturated carbocycles. The van der Waals surface area contributed by atoms with E-state index in [1.165, 1.54) is 6.08 Å². The number of methoxy groups -OCH3 is 1. The van der Waals surface area contributed by atoms with Crippen molar-refractivity contribution in [1.82, 2.24) is 0 Å². The lowest BCUT2D eigenvalue weighted by atomic mass is 10.1. The van der Waals surface area contributed by atoms with Gasteiger partial charge in [0.05, 0.1) is 23.4 Å². The van der Waals surface area contributed by atoms with Gasteiger partial charge in [0, 0.05) is 6.07 Å². The van der Waals surface area contributed by atoms with Crippen LogP contribution in [0.15, 0.2) is 51.2 Å². The molecule has 1 aromatic carbocycles. The SMILES string of the molecule is COc1cc(N=NC2=CCCC(S(=O)(=O)O)=C2)ccc1C. The number of benzene rings is 1. The number of nitrogens with zero attached hydrogens (tertiary/aromatic N) is 2. The molecular formula is C14H16N2O4S. The van der Waals surface area contributed by atoms with Gasteiger partial charge in [0.2, 0.25) is 0 Å². The van der Waals surface area contributed by atoms with Crippen LogP contribution in [-0.2, 0) is 10.1 Å². The van der Waals surface area contributed by atoms with Crippen LogP contribution in [-0.4, -0.2) is 20.1 Å². The summed E-state index contributed by atoms with van der Waals surface area (Å²) in [7, 11) is -2.58. The van der Waals surface area contributed by atoms with Crippen LogP contribution in [0, 0.1) is 6.92 Å². The van der Waals surface area contributed by atoms with E-state index in [4.69, 9.17) is 9.29 Å². The third kappa shape index (κ3) is 3.99. The molecule has 0 bridgehead atoms. The molecule has 1 aromatic rings. The van der Waals surface area contributed by atoms with E-state index < -0.39 is 10.1 Å². The minimum atomic E-state index is -4.16. The molecule has 1 aliphatic carbocycles. The average Bonchev–Trinajstić information content (AvgIpc) is 2.46. The Kier molecular flexibility index (Phi) is 4.54. The van der Waals surface area contributed by atoms with Crippen molar-refractivity contribution in [2.45, 2.75) is 19.8 Å². The number of hydrogen-bond donors (Lipinski definition) is 1. The first kappa shape index (κ1) is 15.4. The highest BCUT2D eigenvalue weighted by atomic mass is 32.2. The highest BCUT2D eigenvalue weighted by molar-refractivity contribution is 7.89. The summed E-state index contributed by atoms with van der Waals surface area (Å²) in [5.41, 5.74) is 2.00. The number of allylic oxidation sites excluding steroid dienone is 3. The van der Waals surface area contributed by atoms with Gasteiger partial charge < -0.3 is 4.74 Å². The van der Waals surface area contributed by atoms with Crippen molar-refractivity contribution >= 4 is 15.8 Å². The summed E-state index contributed by atoms with van der Waals surface area (Å²) in [5.74, 6) is 0.707. The molecule has 0 fully saturated rings. The van der Waals surface area contributed by atoms with Gasteiger partial charge in [-0.2, -0.15) is 18.6 Å². The fourth-order valence-corrected chi connectivity index (χ4v) is 2.56. The summed E-state index contributed by atoms with van der Waals surface area (Å²) in [6.07, 6.45) is 3.87. The minimum Gasteiger partial charge on any atom is -0.496 e. The molecule has 112 valence electrons.